The number of halogens is 1. The van der Waals surface area contributed by atoms with Crippen molar-refractivity contribution in [1.82, 2.24) is 0 Å². The molecule has 1 unspecified atom stereocenters. The summed E-state index contributed by atoms with van der Waals surface area (Å²) in [6.45, 7) is 6.58. The molecule has 0 aliphatic carbocycles. The molecular weight excluding hydrogens is 222 g/mol. The van der Waals surface area contributed by atoms with Crippen LogP contribution in [0.25, 0.3) is 0 Å². The summed E-state index contributed by atoms with van der Waals surface area (Å²) < 4.78 is 0. The third-order valence-electron chi connectivity index (χ3n) is 3.19. The smallest absolute Gasteiger partial charge is 0.0696 e. The van der Waals surface area contributed by atoms with Gasteiger partial charge < -0.3 is 10.0 Å². The van der Waals surface area contributed by atoms with Crippen molar-refractivity contribution in [2.45, 2.75) is 33.4 Å². The minimum atomic E-state index is -0.0113. The lowest BCUT2D eigenvalue weighted by atomic mass is 10.0. The standard InChI is InChI=1S/C13H20ClNO/c1-9(2)10(3)15(4)12-6-5-11(8-16)13(14)7-12/h5-7,9-10,16H,8H2,1-4H3. The first-order valence-corrected chi connectivity index (χ1v) is 5.97. The molecule has 1 N–H and O–H groups in total. The lowest BCUT2D eigenvalue weighted by molar-refractivity contribution is 0.282. The van der Waals surface area contributed by atoms with Gasteiger partial charge in [0.05, 0.1) is 6.61 Å². The predicted octanol–water partition coefficient (Wildman–Crippen LogP) is 3.31. The van der Waals surface area contributed by atoms with Crippen LogP contribution < -0.4 is 4.90 Å². The second-order valence-corrected chi connectivity index (χ2v) is 4.94. The molecule has 2 nitrogen and oxygen atoms in total. The minimum Gasteiger partial charge on any atom is -0.392 e. The summed E-state index contributed by atoms with van der Waals surface area (Å²) in [6, 6.07) is 6.24. The van der Waals surface area contributed by atoms with Crippen LogP contribution >= 0.6 is 11.6 Å². The second kappa shape index (κ2) is 5.55. The van der Waals surface area contributed by atoms with Crippen LogP contribution in [0.5, 0.6) is 0 Å². The molecule has 90 valence electrons. The summed E-state index contributed by atoms with van der Waals surface area (Å²) in [6.07, 6.45) is 0. The number of nitrogens with zero attached hydrogens (tertiary/aromatic N) is 1. The Labute approximate surface area is 103 Å². The molecule has 0 aliphatic rings. The van der Waals surface area contributed by atoms with Crippen molar-refractivity contribution in [3.05, 3.63) is 28.8 Å². The first kappa shape index (κ1) is 13.3. The van der Waals surface area contributed by atoms with Crippen LogP contribution in [0.4, 0.5) is 5.69 Å². The van der Waals surface area contributed by atoms with E-state index in [1.54, 1.807) is 0 Å². The molecule has 0 saturated heterocycles. The van der Waals surface area contributed by atoms with Crippen LogP contribution in [0, 0.1) is 5.92 Å². The molecule has 0 aliphatic heterocycles. The Morgan fingerprint density at radius 3 is 2.38 bits per heavy atom. The molecule has 0 fully saturated rings. The van der Waals surface area contributed by atoms with Gasteiger partial charge in [0.15, 0.2) is 0 Å². The topological polar surface area (TPSA) is 23.5 Å². The third kappa shape index (κ3) is 2.89. The Kier molecular flexibility index (Phi) is 4.63. The van der Waals surface area contributed by atoms with Gasteiger partial charge in [0.1, 0.15) is 0 Å². The molecule has 0 radical (unpaired) electrons. The Morgan fingerprint density at radius 1 is 1.31 bits per heavy atom. The van der Waals surface area contributed by atoms with Gasteiger partial charge in [0, 0.05) is 23.8 Å². The summed E-state index contributed by atoms with van der Waals surface area (Å²) >= 11 is 6.07. The highest BCUT2D eigenvalue weighted by atomic mass is 35.5. The maximum Gasteiger partial charge on any atom is 0.0696 e. The number of hydrogen-bond acceptors (Lipinski definition) is 2. The molecule has 0 heterocycles. The highest BCUT2D eigenvalue weighted by molar-refractivity contribution is 6.31. The number of aliphatic hydroxyl groups excluding tert-OH is 1. The second-order valence-electron chi connectivity index (χ2n) is 4.53. The molecule has 16 heavy (non-hydrogen) atoms. The molecule has 0 saturated carbocycles. The average molecular weight is 242 g/mol. The molecular formula is C13H20ClNO. The number of hydrogen-bond donors (Lipinski definition) is 1. The zero-order chi connectivity index (χ0) is 12.3. The molecule has 0 bridgehead atoms. The van der Waals surface area contributed by atoms with Crippen molar-refractivity contribution in [2.24, 2.45) is 5.92 Å². The van der Waals surface area contributed by atoms with Crippen molar-refractivity contribution >= 4 is 17.3 Å². The first-order valence-electron chi connectivity index (χ1n) is 5.59. The predicted molar refractivity (Wildman–Crippen MR) is 70.1 cm³/mol. The van der Waals surface area contributed by atoms with E-state index in [4.69, 9.17) is 16.7 Å². The van der Waals surface area contributed by atoms with Crippen LogP contribution in [-0.4, -0.2) is 18.2 Å². The zero-order valence-electron chi connectivity index (χ0n) is 10.4. The Hall–Kier alpha value is -0.730. The van der Waals surface area contributed by atoms with Crippen molar-refractivity contribution < 1.29 is 5.11 Å². The highest BCUT2D eigenvalue weighted by Gasteiger charge is 2.14. The average Bonchev–Trinajstić information content (AvgIpc) is 2.26. The van der Waals surface area contributed by atoms with E-state index < -0.39 is 0 Å². The van der Waals surface area contributed by atoms with Gasteiger partial charge in [-0.2, -0.15) is 0 Å². The lowest BCUT2D eigenvalue weighted by Crippen LogP contribution is -2.33. The van der Waals surface area contributed by atoms with Crippen LogP contribution in [0.15, 0.2) is 18.2 Å². The maximum absolute atomic E-state index is 9.05. The SMILES string of the molecule is CC(C)C(C)N(C)c1ccc(CO)c(Cl)c1. The van der Waals surface area contributed by atoms with Crippen LogP contribution in [0.3, 0.4) is 0 Å². The summed E-state index contributed by atoms with van der Waals surface area (Å²) in [4.78, 5) is 2.21. The van der Waals surface area contributed by atoms with Crippen molar-refractivity contribution in [3.8, 4) is 0 Å². The van der Waals surface area contributed by atoms with Gasteiger partial charge in [0.25, 0.3) is 0 Å². The quantitative estimate of drug-likeness (QED) is 0.874. The molecule has 0 aromatic heterocycles. The van der Waals surface area contributed by atoms with E-state index >= 15 is 0 Å². The van der Waals surface area contributed by atoms with Crippen LogP contribution in [-0.2, 0) is 6.61 Å². The Bertz CT molecular complexity index is 352. The number of aliphatic hydroxyl groups is 1. The fraction of sp³-hybridized carbons (Fsp3) is 0.538. The van der Waals surface area contributed by atoms with E-state index in [2.05, 4.69) is 32.7 Å². The van der Waals surface area contributed by atoms with E-state index in [1.165, 1.54) is 0 Å². The molecule has 1 rings (SSSR count). The van der Waals surface area contributed by atoms with Crippen LogP contribution in [0.2, 0.25) is 5.02 Å². The lowest BCUT2D eigenvalue weighted by Gasteiger charge is -2.30. The Morgan fingerprint density at radius 2 is 1.94 bits per heavy atom. The van der Waals surface area contributed by atoms with E-state index in [0.717, 1.165) is 11.3 Å². The maximum atomic E-state index is 9.05. The fourth-order valence-electron chi connectivity index (χ4n) is 1.57. The van der Waals surface area contributed by atoms with Gasteiger partial charge in [-0.05, 0) is 30.5 Å². The van der Waals surface area contributed by atoms with E-state index in [0.29, 0.717) is 17.0 Å². The van der Waals surface area contributed by atoms with Crippen LogP contribution in [0.1, 0.15) is 26.3 Å². The molecule has 1 aromatic carbocycles. The molecule has 0 amide bonds. The van der Waals surface area contributed by atoms with Gasteiger partial charge >= 0.3 is 0 Å². The molecule has 1 atom stereocenters. The van der Waals surface area contributed by atoms with Crippen molar-refractivity contribution in [3.63, 3.8) is 0 Å². The highest BCUT2D eigenvalue weighted by Crippen LogP contribution is 2.25. The summed E-state index contributed by atoms with van der Waals surface area (Å²) in [5.74, 6) is 0.585. The summed E-state index contributed by atoms with van der Waals surface area (Å²) in [7, 11) is 2.06. The third-order valence-corrected chi connectivity index (χ3v) is 3.54. The van der Waals surface area contributed by atoms with Crippen molar-refractivity contribution in [1.29, 1.82) is 0 Å². The summed E-state index contributed by atoms with van der Waals surface area (Å²) in [5.41, 5.74) is 1.86. The normalized spacial score (nSPS) is 12.9. The van der Waals surface area contributed by atoms with E-state index in [-0.39, 0.29) is 6.61 Å². The van der Waals surface area contributed by atoms with Gasteiger partial charge in [-0.15, -0.1) is 0 Å². The van der Waals surface area contributed by atoms with Gasteiger partial charge in [-0.1, -0.05) is 31.5 Å². The van der Waals surface area contributed by atoms with Crippen molar-refractivity contribution in [2.75, 3.05) is 11.9 Å². The first-order chi connectivity index (χ1) is 7.47. The van der Waals surface area contributed by atoms with Gasteiger partial charge in [0.2, 0.25) is 0 Å². The number of rotatable bonds is 4. The molecule has 3 heteroatoms. The monoisotopic (exact) mass is 241 g/mol. The molecule has 1 aromatic rings. The van der Waals surface area contributed by atoms with E-state index in [1.807, 2.05) is 18.2 Å². The largest absolute Gasteiger partial charge is 0.392 e. The number of anilines is 1. The van der Waals surface area contributed by atoms with Gasteiger partial charge in [-0.3, -0.25) is 0 Å². The number of benzene rings is 1. The summed E-state index contributed by atoms with van der Waals surface area (Å²) in [5, 5.41) is 9.67. The van der Waals surface area contributed by atoms with Gasteiger partial charge in [-0.25, -0.2) is 0 Å². The Balaban J connectivity index is 2.92. The van der Waals surface area contributed by atoms with E-state index in [9.17, 15) is 0 Å². The fourth-order valence-corrected chi connectivity index (χ4v) is 1.80. The molecule has 0 spiro atoms. The zero-order valence-corrected chi connectivity index (χ0v) is 11.1. The minimum absolute atomic E-state index is 0.0113.